The minimum Gasteiger partial charge on any atom is -0.459 e. The third kappa shape index (κ3) is 3.07. The molecule has 3 rings (SSSR count). The maximum absolute atomic E-state index is 12.1. The Morgan fingerprint density at radius 3 is 2.82 bits per heavy atom. The minimum atomic E-state index is -0.133. The van der Waals surface area contributed by atoms with E-state index in [0.717, 1.165) is 25.1 Å². The van der Waals surface area contributed by atoms with Gasteiger partial charge >= 0.3 is 0 Å². The van der Waals surface area contributed by atoms with Gasteiger partial charge in [-0.3, -0.25) is 9.69 Å². The van der Waals surface area contributed by atoms with Gasteiger partial charge in [-0.25, -0.2) is 0 Å². The van der Waals surface area contributed by atoms with Crippen molar-refractivity contribution in [1.29, 1.82) is 0 Å². The Morgan fingerprint density at radius 1 is 1.32 bits per heavy atom. The molecule has 116 valence electrons. The third-order valence-corrected chi connectivity index (χ3v) is 4.41. The molecule has 1 amide bonds. The van der Waals surface area contributed by atoms with Crippen LogP contribution in [-0.4, -0.2) is 29.9 Å². The Labute approximate surface area is 131 Å². The van der Waals surface area contributed by atoms with Crippen LogP contribution in [0.15, 0.2) is 41.0 Å². The molecule has 1 unspecified atom stereocenters. The second-order valence-corrected chi connectivity index (χ2v) is 5.98. The topological polar surface area (TPSA) is 45.5 Å². The highest BCUT2D eigenvalue weighted by molar-refractivity contribution is 5.92. The molecule has 1 aromatic heterocycles. The van der Waals surface area contributed by atoms with Crippen molar-refractivity contribution in [3.63, 3.8) is 0 Å². The van der Waals surface area contributed by atoms with Gasteiger partial charge in [0.25, 0.3) is 5.91 Å². The zero-order chi connectivity index (χ0) is 15.5. The molecule has 0 fully saturated rings. The SMILES string of the molecule is Cc1ccoc1C(=O)NCC(C)N1CCc2ccccc2C1. The molecule has 0 saturated heterocycles. The summed E-state index contributed by atoms with van der Waals surface area (Å²) in [5.41, 5.74) is 3.71. The van der Waals surface area contributed by atoms with Crippen LogP contribution < -0.4 is 5.32 Å². The van der Waals surface area contributed by atoms with Gasteiger partial charge in [0.2, 0.25) is 0 Å². The predicted molar refractivity (Wildman–Crippen MR) is 85.8 cm³/mol. The first-order chi connectivity index (χ1) is 10.6. The molecule has 1 aliphatic heterocycles. The summed E-state index contributed by atoms with van der Waals surface area (Å²) < 4.78 is 5.22. The molecular formula is C18H22N2O2. The molecule has 1 aromatic carbocycles. The number of rotatable bonds is 4. The zero-order valence-electron chi connectivity index (χ0n) is 13.1. The number of benzene rings is 1. The molecule has 0 saturated carbocycles. The summed E-state index contributed by atoms with van der Waals surface area (Å²) >= 11 is 0. The Bertz CT molecular complexity index is 663. The molecular weight excluding hydrogens is 276 g/mol. The lowest BCUT2D eigenvalue weighted by Crippen LogP contribution is -2.44. The second-order valence-electron chi connectivity index (χ2n) is 5.98. The summed E-state index contributed by atoms with van der Waals surface area (Å²) in [6, 6.07) is 10.7. The molecule has 2 aromatic rings. The molecule has 0 spiro atoms. The zero-order valence-corrected chi connectivity index (χ0v) is 13.1. The van der Waals surface area contributed by atoms with E-state index in [0.29, 0.717) is 18.3 Å². The number of nitrogens with one attached hydrogen (secondary N) is 1. The van der Waals surface area contributed by atoms with E-state index in [1.54, 1.807) is 12.3 Å². The third-order valence-electron chi connectivity index (χ3n) is 4.41. The maximum Gasteiger partial charge on any atom is 0.287 e. The van der Waals surface area contributed by atoms with Gasteiger partial charge in [0, 0.05) is 31.2 Å². The van der Waals surface area contributed by atoms with Crippen molar-refractivity contribution >= 4 is 5.91 Å². The number of hydrogen-bond acceptors (Lipinski definition) is 3. The molecule has 0 radical (unpaired) electrons. The van der Waals surface area contributed by atoms with Crippen LogP contribution in [0.2, 0.25) is 0 Å². The summed E-state index contributed by atoms with van der Waals surface area (Å²) in [6.45, 7) is 6.65. The van der Waals surface area contributed by atoms with Crippen LogP contribution >= 0.6 is 0 Å². The number of hydrogen-bond donors (Lipinski definition) is 1. The normalized spacial score (nSPS) is 16.1. The van der Waals surface area contributed by atoms with E-state index in [4.69, 9.17) is 4.42 Å². The van der Waals surface area contributed by atoms with E-state index >= 15 is 0 Å². The van der Waals surface area contributed by atoms with Gasteiger partial charge in [-0.05, 0) is 37.5 Å². The number of fused-ring (bicyclic) bond motifs is 1. The summed E-state index contributed by atoms with van der Waals surface area (Å²) in [6.07, 6.45) is 2.63. The van der Waals surface area contributed by atoms with Crippen molar-refractivity contribution in [3.05, 3.63) is 59.0 Å². The van der Waals surface area contributed by atoms with Gasteiger partial charge in [-0.15, -0.1) is 0 Å². The van der Waals surface area contributed by atoms with E-state index < -0.39 is 0 Å². The van der Waals surface area contributed by atoms with Gasteiger partial charge in [-0.2, -0.15) is 0 Å². The van der Waals surface area contributed by atoms with Crippen molar-refractivity contribution in [1.82, 2.24) is 10.2 Å². The Morgan fingerprint density at radius 2 is 2.09 bits per heavy atom. The molecule has 1 aliphatic rings. The first-order valence-electron chi connectivity index (χ1n) is 7.78. The molecule has 4 heteroatoms. The summed E-state index contributed by atoms with van der Waals surface area (Å²) in [4.78, 5) is 14.5. The van der Waals surface area contributed by atoms with Gasteiger partial charge in [0.1, 0.15) is 0 Å². The number of nitrogens with zero attached hydrogens (tertiary/aromatic N) is 1. The van der Waals surface area contributed by atoms with Crippen LogP contribution in [-0.2, 0) is 13.0 Å². The number of aryl methyl sites for hydroxylation is 1. The van der Waals surface area contributed by atoms with Crippen LogP contribution in [0.25, 0.3) is 0 Å². The lowest BCUT2D eigenvalue weighted by molar-refractivity contribution is 0.0904. The minimum absolute atomic E-state index is 0.133. The predicted octanol–water partition coefficient (Wildman–Crippen LogP) is 2.76. The van der Waals surface area contributed by atoms with Crippen molar-refractivity contribution < 1.29 is 9.21 Å². The number of amides is 1. The number of carbonyl (C=O) groups excluding carboxylic acids is 1. The number of furan rings is 1. The highest BCUT2D eigenvalue weighted by atomic mass is 16.3. The summed E-state index contributed by atoms with van der Waals surface area (Å²) in [7, 11) is 0. The molecule has 1 N–H and O–H groups in total. The first-order valence-corrected chi connectivity index (χ1v) is 7.78. The fraction of sp³-hybridized carbons (Fsp3) is 0.389. The smallest absolute Gasteiger partial charge is 0.287 e. The Balaban J connectivity index is 1.56. The monoisotopic (exact) mass is 298 g/mol. The first kappa shape index (κ1) is 14.9. The molecule has 0 bridgehead atoms. The van der Waals surface area contributed by atoms with Crippen molar-refractivity contribution in [2.75, 3.05) is 13.1 Å². The molecule has 2 heterocycles. The van der Waals surface area contributed by atoms with Crippen molar-refractivity contribution in [2.24, 2.45) is 0 Å². The average Bonchev–Trinajstić information content (AvgIpc) is 2.98. The van der Waals surface area contributed by atoms with Gasteiger partial charge in [-0.1, -0.05) is 24.3 Å². The molecule has 4 nitrogen and oxygen atoms in total. The molecule has 22 heavy (non-hydrogen) atoms. The largest absolute Gasteiger partial charge is 0.459 e. The van der Waals surface area contributed by atoms with E-state index in [2.05, 4.69) is 41.4 Å². The molecule has 0 aliphatic carbocycles. The van der Waals surface area contributed by atoms with Gasteiger partial charge < -0.3 is 9.73 Å². The summed E-state index contributed by atoms with van der Waals surface area (Å²) in [5.74, 6) is 0.281. The van der Waals surface area contributed by atoms with Crippen molar-refractivity contribution in [3.8, 4) is 0 Å². The van der Waals surface area contributed by atoms with E-state index in [1.807, 2.05) is 6.92 Å². The van der Waals surface area contributed by atoms with Gasteiger partial charge in [0.05, 0.1) is 6.26 Å². The lowest BCUT2D eigenvalue weighted by atomic mass is 9.99. The Hall–Kier alpha value is -2.07. The highest BCUT2D eigenvalue weighted by Gasteiger charge is 2.21. The second kappa shape index (κ2) is 6.36. The van der Waals surface area contributed by atoms with E-state index in [-0.39, 0.29) is 5.91 Å². The molecule has 1 atom stereocenters. The van der Waals surface area contributed by atoms with Crippen LogP contribution in [0.4, 0.5) is 0 Å². The number of carbonyl (C=O) groups is 1. The van der Waals surface area contributed by atoms with Crippen LogP contribution in [0.1, 0.15) is 34.2 Å². The fourth-order valence-electron chi connectivity index (χ4n) is 2.95. The van der Waals surface area contributed by atoms with Crippen LogP contribution in [0.3, 0.4) is 0 Å². The van der Waals surface area contributed by atoms with E-state index in [9.17, 15) is 4.79 Å². The Kier molecular flexibility index (Phi) is 4.29. The van der Waals surface area contributed by atoms with Crippen LogP contribution in [0.5, 0.6) is 0 Å². The highest BCUT2D eigenvalue weighted by Crippen LogP contribution is 2.20. The quantitative estimate of drug-likeness (QED) is 0.944. The maximum atomic E-state index is 12.1. The summed E-state index contributed by atoms with van der Waals surface area (Å²) in [5, 5.41) is 2.97. The van der Waals surface area contributed by atoms with Crippen molar-refractivity contribution in [2.45, 2.75) is 32.9 Å². The standard InChI is InChI=1S/C18H22N2O2/c1-13-8-10-22-17(13)18(21)19-11-14(2)20-9-7-15-5-3-4-6-16(15)12-20/h3-6,8,10,14H,7,9,11-12H2,1-2H3,(H,19,21). The lowest BCUT2D eigenvalue weighted by Gasteiger charge is -2.33. The van der Waals surface area contributed by atoms with Gasteiger partial charge in [0.15, 0.2) is 5.76 Å². The fourth-order valence-corrected chi connectivity index (χ4v) is 2.95. The van der Waals surface area contributed by atoms with Crippen LogP contribution in [0, 0.1) is 6.92 Å². The van der Waals surface area contributed by atoms with E-state index in [1.165, 1.54) is 11.1 Å². The average molecular weight is 298 g/mol.